The van der Waals surface area contributed by atoms with Gasteiger partial charge in [-0.15, -0.1) is 11.8 Å². The molecular formula is C8H13FN2O2S. The van der Waals surface area contributed by atoms with Gasteiger partial charge in [0.05, 0.1) is 11.9 Å². The second-order valence-electron chi connectivity index (χ2n) is 3.69. The summed E-state index contributed by atoms with van der Waals surface area (Å²) in [5.74, 6) is 0.906. The number of amides is 1. The highest BCUT2D eigenvalue weighted by Crippen LogP contribution is 2.36. The van der Waals surface area contributed by atoms with E-state index in [1.807, 2.05) is 0 Å². The number of hydrogen-bond acceptors (Lipinski definition) is 3. The number of hydrogen-bond donors (Lipinski definition) is 2. The minimum Gasteiger partial charge on any atom is -0.465 e. The predicted octanol–water partition coefficient (Wildman–Crippen LogP) is 0.741. The van der Waals surface area contributed by atoms with Crippen molar-refractivity contribution in [2.24, 2.45) is 0 Å². The third-order valence-electron chi connectivity index (χ3n) is 2.71. The highest BCUT2D eigenvalue weighted by molar-refractivity contribution is 8.00. The van der Waals surface area contributed by atoms with E-state index in [1.54, 1.807) is 11.8 Å². The molecule has 2 fully saturated rings. The Balaban J connectivity index is 2.00. The summed E-state index contributed by atoms with van der Waals surface area (Å²) in [5.41, 5.74) is -1.38. The highest BCUT2D eigenvalue weighted by atomic mass is 32.2. The average molecular weight is 220 g/mol. The molecule has 2 aliphatic heterocycles. The largest absolute Gasteiger partial charge is 0.465 e. The maximum atomic E-state index is 14.2. The Bertz CT molecular complexity index is 247. The molecule has 2 saturated heterocycles. The standard InChI is InChI=1S/C8H13FN2O2S/c9-8(6-10-2-4-14-6)1-3-11(5-8)7(12)13/h6,10H,1-5H2,(H,12,13). The van der Waals surface area contributed by atoms with Crippen LogP contribution in [0.3, 0.4) is 0 Å². The molecule has 0 aliphatic carbocycles. The fraction of sp³-hybridized carbons (Fsp3) is 0.875. The summed E-state index contributed by atoms with van der Waals surface area (Å²) in [6.07, 6.45) is -0.711. The highest BCUT2D eigenvalue weighted by Gasteiger charge is 2.47. The van der Waals surface area contributed by atoms with E-state index in [9.17, 15) is 9.18 Å². The number of carboxylic acid groups (broad SMARTS) is 1. The van der Waals surface area contributed by atoms with Crippen LogP contribution < -0.4 is 5.32 Å². The van der Waals surface area contributed by atoms with Crippen molar-refractivity contribution < 1.29 is 14.3 Å². The van der Waals surface area contributed by atoms with Crippen molar-refractivity contribution in [2.75, 3.05) is 25.4 Å². The summed E-state index contributed by atoms with van der Waals surface area (Å²) in [6.45, 7) is 1.13. The molecule has 2 heterocycles. The molecule has 6 heteroatoms. The van der Waals surface area contributed by atoms with Gasteiger partial charge in [-0.25, -0.2) is 9.18 Å². The lowest BCUT2D eigenvalue weighted by Gasteiger charge is -2.25. The lowest BCUT2D eigenvalue weighted by Crippen LogP contribution is -2.45. The first kappa shape index (κ1) is 10.0. The molecule has 4 nitrogen and oxygen atoms in total. The Kier molecular flexibility index (Phi) is 2.57. The molecule has 0 aromatic heterocycles. The van der Waals surface area contributed by atoms with Crippen molar-refractivity contribution in [2.45, 2.75) is 17.5 Å². The molecule has 0 saturated carbocycles. The number of nitrogens with zero attached hydrogens (tertiary/aromatic N) is 1. The Morgan fingerprint density at radius 1 is 1.71 bits per heavy atom. The van der Waals surface area contributed by atoms with Crippen LogP contribution in [0.2, 0.25) is 0 Å². The number of thioether (sulfide) groups is 1. The van der Waals surface area contributed by atoms with Gasteiger partial charge in [-0.2, -0.15) is 0 Å². The van der Waals surface area contributed by atoms with Crippen molar-refractivity contribution >= 4 is 17.9 Å². The van der Waals surface area contributed by atoms with Gasteiger partial charge >= 0.3 is 6.09 Å². The van der Waals surface area contributed by atoms with E-state index in [1.165, 1.54) is 0 Å². The molecule has 0 radical (unpaired) electrons. The molecule has 0 spiro atoms. The maximum Gasteiger partial charge on any atom is 0.407 e. The third kappa shape index (κ3) is 1.68. The SMILES string of the molecule is O=C(O)N1CCC(F)(C2NCCS2)C1. The molecule has 0 bridgehead atoms. The Morgan fingerprint density at radius 2 is 2.50 bits per heavy atom. The van der Waals surface area contributed by atoms with Crippen LogP contribution in [0.5, 0.6) is 0 Å². The van der Waals surface area contributed by atoms with Crippen LogP contribution in [-0.4, -0.2) is 52.5 Å². The number of nitrogens with one attached hydrogen (secondary N) is 1. The molecule has 2 atom stereocenters. The molecule has 2 unspecified atom stereocenters. The molecule has 0 aromatic rings. The predicted molar refractivity (Wildman–Crippen MR) is 52.3 cm³/mol. The number of rotatable bonds is 1. The van der Waals surface area contributed by atoms with Crippen molar-refractivity contribution in [1.29, 1.82) is 0 Å². The molecule has 2 N–H and O–H groups in total. The van der Waals surface area contributed by atoms with E-state index >= 15 is 0 Å². The van der Waals surface area contributed by atoms with E-state index in [-0.39, 0.29) is 11.9 Å². The summed E-state index contributed by atoms with van der Waals surface area (Å²) < 4.78 is 14.2. The van der Waals surface area contributed by atoms with E-state index in [0.29, 0.717) is 13.0 Å². The van der Waals surface area contributed by atoms with Crippen LogP contribution in [-0.2, 0) is 0 Å². The van der Waals surface area contributed by atoms with E-state index < -0.39 is 11.8 Å². The molecule has 2 aliphatic rings. The Hall–Kier alpha value is -0.490. The summed E-state index contributed by atoms with van der Waals surface area (Å²) in [5, 5.41) is 11.6. The summed E-state index contributed by atoms with van der Waals surface area (Å²) in [4.78, 5) is 11.8. The van der Waals surface area contributed by atoms with Gasteiger partial charge < -0.3 is 15.3 Å². The first-order valence-corrected chi connectivity index (χ1v) is 5.68. The fourth-order valence-electron chi connectivity index (χ4n) is 1.93. The van der Waals surface area contributed by atoms with Gasteiger partial charge in [0.1, 0.15) is 0 Å². The summed E-state index contributed by atoms with van der Waals surface area (Å²) in [6, 6.07) is 0. The van der Waals surface area contributed by atoms with Crippen LogP contribution in [0.15, 0.2) is 0 Å². The van der Waals surface area contributed by atoms with Crippen LogP contribution >= 0.6 is 11.8 Å². The van der Waals surface area contributed by atoms with Crippen molar-refractivity contribution in [3.05, 3.63) is 0 Å². The monoisotopic (exact) mass is 220 g/mol. The van der Waals surface area contributed by atoms with Gasteiger partial charge in [-0.3, -0.25) is 0 Å². The minimum absolute atomic E-state index is 0.00694. The van der Waals surface area contributed by atoms with Crippen molar-refractivity contribution in [3.8, 4) is 0 Å². The second kappa shape index (κ2) is 3.58. The summed E-state index contributed by atoms with van der Waals surface area (Å²) in [7, 11) is 0. The first-order chi connectivity index (χ1) is 6.62. The van der Waals surface area contributed by atoms with Gasteiger partial charge in [0.2, 0.25) is 0 Å². The Morgan fingerprint density at radius 3 is 3.00 bits per heavy atom. The van der Waals surface area contributed by atoms with Gasteiger partial charge in [0.15, 0.2) is 5.67 Å². The zero-order chi connectivity index (χ0) is 10.2. The van der Waals surface area contributed by atoms with Gasteiger partial charge in [0, 0.05) is 25.3 Å². The molecule has 14 heavy (non-hydrogen) atoms. The van der Waals surface area contributed by atoms with Crippen LogP contribution in [0.4, 0.5) is 9.18 Å². The zero-order valence-corrected chi connectivity index (χ0v) is 8.52. The van der Waals surface area contributed by atoms with Crippen LogP contribution in [0, 0.1) is 0 Å². The lowest BCUT2D eigenvalue weighted by molar-refractivity contribution is 0.129. The van der Waals surface area contributed by atoms with Crippen LogP contribution in [0.1, 0.15) is 6.42 Å². The zero-order valence-electron chi connectivity index (χ0n) is 7.70. The molecular weight excluding hydrogens is 207 g/mol. The smallest absolute Gasteiger partial charge is 0.407 e. The first-order valence-electron chi connectivity index (χ1n) is 4.64. The second-order valence-corrected chi connectivity index (χ2v) is 4.91. The number of alkyl halides is 1. The van der Waals surface area contributed by atoms with Gasteiger partial charge in [-0.05, 0) is 0 Å². The quantitative estimate of drug-likeness (QED) is 0.684. The Labute approximate surface area is 85.8 Å². The topological polar surface area (TPSA) is 52.6 Å². The molecule has 0 aromatic carbocycles. The summed E-state index contributed by atoms with van der Waals surface area (Å²) >= 11 is 1.55. The normalized spacial score (nSPS) is 37.8. The molecule has 2 rings (SSSR count). The van der Waals surface area contributed by atoms with E-state index in [4.69, 9.17) is 5.11 Å². The molecule has 80 valence electrons. The lowest BCUT2D eigenvalue weighted by atomic mass is 10.1. The van der Waals surface area contributed by atoms with E-state index in [2.05, 4.69) is 5.32 Å². The average Bonchev–Trinajstić information content (AvgIpc) is 2.71. The number of likely N-dealkylation sites (tertiary alicyclic amines) is 1. The number of carbonyl (C=O) groups is 1. The fourth-order valence-corrected chi connectivity index (χ4v) is 3.13. The maximum absolute atomic E-state index is 14.2. The molecule has 1 amide bonds. The van der Waals surface area contributed by atoms with E-state index in [0.717, 1.165) is 17.2 Å². The van der Waals surface area contributed by atoms with Crippen molar-refractivity contribution in [1.82, 2.24) is 10.2 Å². The number of halogens is 1. The van der Waals surface area contributed by atoms with Gasteiger partial charge in [0.25, 0.3) is 0 Å². The third-order valence-corrected chi connectivity index (χ3v) is 4.07. The minimum atomic E-state index is -1.38. The van der Waals surface area contributed by atoms with Gasteiger partial charge in [-0.1, -0.05) is 0 Å². The van der Waals surface area contributed by atoms with Crippen LogP contribution in [0.25, 0.3) is 0 Å². The van der Waals surface area contributed by atoms with Crippen molar-refractivity contribution in [3.63, 3.8) is 0 Å².